The Hall–Kier alpha value is -1.73. The number of rotatable bonds is 5. The summed E-state index contributed by atoms with van der Waals surface area (Å²) in [6.07, 6.45) is 0.437. The second-order valence-corrected chi connectivity index (χ2v) is 2.85. The number of nitro groups is 1. The number of aliphatic hydroxyl groups excluding tert-OH is 2. The number of pyridine rings is 1. The summed E-state index contributed by atoms with van der Waals surface area (Å²) < 4.78 is 0. The van der Waals surface area contributed by atoms with Crippen LogP contribution in [0.1, 0.15) is 0 Å². The Morgan fingerprint density at radius 2 is 2.40 bits per heavy atom. The molecule has 82 valence electrons. The summed E-state index contributed by atoms with van der Waals surface area (Å²) in [6.45, 7) is -0.401. The molecule has 0 amide bonds. The molecule has 1 heterocycles. The zero-order valence-corrected chi connectivity index (χ0v) is 7.83. The van der Waals surface area contributed by atoms with Gasteiger partial charge in [0.25, 0.3) is 0 Å². The van der Waals surface area contributed by atoms with Crippen LogP contribution in [0.5, 0.6) is 0 Å². The van der Waals surface area contributed by atoms with Gasteiger partial charge in [-0.2, -0.15) is 0 Å². The minimum Gasteiger partial charge on any atom is -0.394 e. The Labute approximate surface area is 85.5 Å². The van der Waals surface area contributed by atoms with Gasteiger partial charge in [0, 0.05) is 18.8 Å². The molecule has 7 nitrogen and oxygen atoms in total. The largest absolute Gasteiger partial charge is 0.394 e. The Bertz CT molecular complexity index is 344. The zero-order chi connectivity index (χ0) is 11.3. The van der Waals surface area contributed by atoms with Crippen molar-refractivity contribution < 1.29 is 15.1 Å². The van der Waals surface area contributed by atoms with Crippen LogP contribution < -0.4 is 5.32 Å². The highest BCUT2D eigenvalue weighted by Gasteiger charge is 2.14. The molecule has 1 aromatic heterocycles. The van der Waals surface area contributed by atoms with Crippen LogP contribution in [0.25, 0.3) is 0 Å². The van der Waals surface area contributed by atoms with E-state index in [4.69, 9.17) is 10.2 Å². The van der Waals surface area contributed by atoms with Crippen LogP contribution in [0.15, 0.2) is 18.3 Å². The summed E-state index contributed by atoms with van der Waals surface area (Å²) >= 11 is 0. The average Bonchev–Trinajstić information content (AvgIpc) is 2.26. The van der Waals surface area contributed by atoms with E-state index in [9.17, 15) is 10.1 Å². The van der Waals surface area contributed by atoms with Crippen molar-refractivity contribution in [2.75, 3.05) is 18.5 Å². The smallest absolute Gasteiger partial charge is 0.311 e. The van der Waals surface area contributed by atoms with Crippen molar-refractivity contribution in [2.45, 2.75) is 6.10 Å². The minimum atomic E-state index is -0.966. The Balaban J connectivity index is 2.72. The highest BCUT2D eigenvalue weighted by Crippen LogP contribution is 2.19. The molecule has 3 N–H and O–H groups in total. The van der Waals surface area contributed by atoms with E-state index in [2.05, 4.69) is 10.3 Å². The van der Waals surface area contributed by atoms with E-state index >= 15 is 0 Å². The third-order valence-electron chi connectivity index (χ3n) is 1.70. The standard InChI is InChI=1S/C8H11N3O4/c12-5-6(13)4-10-8-7(11(14)15)2-1-3-9-8/h1-3,6,12-13H,4-5H2,(H,9,10). The van der Waals surface area contributed by atoms with Crippen LogP contribution in [-0.4, -0.2) is 39.4 Å². The molecule has 0 aromatic carbocycles. The van der Waals surface area contributed by atoms with E-state index in [1.807, 2.05) is 0 Å². The predicted molar refractivity (Wildman–Crippen MR) is 52.5 cm³/mol. The Kier molecular flexibility index (Phi) is 3.95. The highest BCUT2D eigenvalue weighted by atomic mass is 16.6. The lowest BCUT2D eigenvalue weighted by Crippen LogP contribution is -2.23. The molecular weight excluding hydrogens is 202 g/mol. The van der Waals surface area contributed by atoms with E-state index in [0.717, 1.165) is 0 Å². The summed E-state index contributed by atoms with van der Waals surface area (Å²) in [7, 11) is 0. The SMILES string of the molecule is O=[N+]([O-])c1cccnc1NCC(O)CO. The summed E-state index contributed by atoms with van der Waals surface area (Å²) in [6, 6.07) is 2.76. The van der Waals surface area contributed by atoms with Gasteiger partial charge in [0.1, 0.15) is 0 Å². The normalized spacial score (nSPS) is 12.1. The molecule has 0 aliphatic heterocycles. The van der Waals surface area contributed by atoms with E-state index in [1.54, 1.807) is 0 Å². The quantitative estimate of drug-likeness (QED) is 0.460. The number of hydrogen-bond acceptors (Lipinski definition) is 6. The molecule has 0 radical (unpaired) electrons. The van der Waals surface area contributed by atoms with Gasteiger partial charge in [0.2, 0.25) is 5.82 Å². The topological polar surface area (TPSA) is 109 Å². The monoisotopic (exact) mass is 213 g/mol. The van der Waals surface area contributed by atoms with Crippen molar-refractivity contribution in [2.24, 2.45) is 0 Å². The van der Waals surface area contributed by atoms with Gasteiger partial charge in [-0.05, 0) is 6.07 Å². The van der Waals surface area contributed by atoms with Gasteiger partial charge in [-0.3, -0.25) is 10.1 Å². The van der Waals surface area contributed by atoms with E-state index in [0.29, 0.717) is 0 Å². The third kappa shape index (κ3) is 3.15. The molecule has 0 saturated heterocycles. The predicted octanol–water partition coefficient (Wildman–Crippen LogP) is -0.245. The van der Waals surface area contributed by atoms with Gasteiger partial charge in [0.05, 0.1) is 17.6 Å². The van der Waals surface area contributed by atoms with Crippen LogP contribution in [0.2, 0.25) is 0 Å². The first-order chi connectivity index (χ1) is 7.15. The molecule has 7 heteroatoms. The van der Waals surface area contributed by atoms with Crippen molar-refractivity contribution in [1.29, 1.82) is 0 Å². The molecule has 0 spiro atoms. The maximum Gasteiger partial charge on any atom is 0.311 e. The van der Waals surface area contributed by atoms with Gasteiger partial charge in [-0.15, -0.1) is 0 Å². The fourth-order valence-electron chi connectivity index (χ4n) is 0.959. The van der Waals surface area contributed by atoms with Gasteiger partial charge in [0.15, 0.2) is 0 Å². The van der Waals surface area contributed by atoms with Crippen LogP contribution in [0.4, 0.5) is 11.5 Å². The molecule has 15 heavy (non-hydrogen) atoms. The van der Waals surface area contributed by atoms with Crippen molar-refractivity contribution in [3.05, 3.63) is 28.4 Å². The number of aliphatic hydroxyl groups is 2. The maximum atomic E-state index is 10.5. The van der Waals surface area contributed by atoms with Crippen molar-refractivity contribution in [1.82, 2.24) is 4.98 Å². The Morgan fingerprint density at radius 3 is 3.00 bits per heavy atom. The van der Waals surface area contributed by atoms with Gasteiger partial charge in [-0.25, -0.2) is 4.98 Å². The van der Waals surface area contributed by atoms with Gasteiger partial charge in [-0.1, -0.05) is 0 Å². The summed E-state index contributed by atoms with van der Waals surface area (Å²) in [5.74, 6) is 0.0787. The summed E-state index contributed by atoms with van der Waals surface area (Å²) in [5.41, 5.74) is -0.164. The lowest BCUT2D eigenvalue weighted by atomic mass is 10.3. The van der Waals surface area contributed by atoms with Crippen molar-refractivity contribution in [3.8, 4) is 0 Å². The molecule has 0 aliphatic carbocycles. The maximum absolute atomic E-state index is 10.5. The molecular formula is C8H11N3O4. The first-order valence-electron chi connectivity index (χ1n) is 4.27. The molecule has 0 saturated carbocycles. The third-order valence-corrected chi connectivity index (χ3v) is 1.70. The number of nitrogens with zero attached hydrogens (tertiary/aromatic N) is 2. The zero-order valence-electron chi connectivity index (χ0n) is 7.83. The van der Waals surface area contributed by atoms with Crippen molar-refractivity contribution >= 4 is 11.5 Å². The van der Waals surface area contributed by atoms with Gasteiger partial charge < -0.3 is 15.5 Å². The van der Waals surface area contributed by atoms with Crippen LogP contribution in [0, 0.1) is 10.1 Å². The first-order valence-corrected chi connectivity index (χ1v) is 4.27. The van der Waals surface area contributed by atoms with Crippen LogP contribution in [0.3, 0.4) is 0 Å². The Morgan fingerprint density at radius 1 is 1.67 bits per heavy atom. The van der Waals surface area contributed by atoms with Crippen LogP contribution in [-0.2, 0) is 0 Å². The number of aromatic nitrogens is 1. The minimum absolute atomic E-state index is 0.00829. The lowest BCUT2D eigenvalue weighted by Gasteiger charge is -2.08. The highest BCUT2D eigenvalue weighted by molar-refractivity contribution is 5.55. The molecule has 0 fully saturated rings. The fraction of sp³-hybridized carbons (Fsp3) is 0.375. The number of anilines is 1. The number of nitrogens with one attached hydrogen (secondary N) is 1. The second kappa shape index (κ2) is 5.23. The van der Waals surface area contributed by atoms with Crippen LogP contribution >= 0.6 is 0 Å². The van der Waals surface area contributed by atoms with E-state index in [1.165, 1.54) is 18.3 Å². The molecule has 1 rings (SSSR count). The fourth-order valence-corrected chi connectivity index (χ4v) is 0.959. The first kappa shape index (κ1) is 11.3. The second-order valence-electron chi connectivity index (χ2n) is 2.85. The molecule has 1 aromatic rings. The molecule has 0 bridgehead atoms. The molecule has 0 aliphatic rings. The summed E-state index contributed by atoms with van der Waals surface area (Å²) in [4.78, 5) is 13.7. The van der Waals surface area contributed by atoms with Crippen molar-refractivity contribution in [3.63, 3.8) is 0 Å². The average molecular weight is 213 g/mol. The van der Waals surface area contributed by atoms with E-state index < -0.39 is 17.6 Å². The van der Waals surface area contributed by atoms with E-state index in [-0.39, 0.29) is 18.1 Å². The lowest BCUT2D eigenvalue weighted by molar-refractivity contribution is -0.384. The van der Waals surface area contributed by atoms with Gasteiger partial charge >= 0.3 is 5.69 Å². The molecule has 1 unspecified atom stereocenters. The molecule has 1 atom stereocenters. The summed E-state index contributed by atoms with van der Waals surface area (Å²) in [5, 5.41) is 30.7. The number of hydrogen-bond donors (Lipinski definition) is 3.